The molecule has 1 aromatic carbocycles. The third-order valence-corrected chi connectivity index (χ3v) is 8.93. The Bertz CT molecular complexity index is 431. The molecular weight excluding hydrogens is 236 g/mol. The van der Waals surface area contributed by atoms with E-state index in [0.29, 0.717) is 0 Å². The Morgan fingerprint density at radius 3 is 2.33 bits per heavy atom. The number of hydrogen-bond donors (Lipinski definition) is 0. The smallest absolute Gasteiger partial charge is 0.250 e. The largest absolute Gasteiger partial charge is 0.543 e. The Labute approximate surface area is 113 Å². The van der Waals surface area contributed by atoms with Crippen molar-refractivity contribution in [2.45, 2.75) is 58.2 Å². The molecule has 2 rings (SSSR count). The SMILES string of the molecule is C[C@@H]1C[C@H]1c1cccc(O[Si](C)(C)C(C)(C)C)c1. The van der Waals surface area contributed by atoms with E-state index in [1.807, 2.05) is 0 Å². The summed E-state index contributed by atoms with van der Waals surface area (Å²) in [6, 6.07) is 8.75. The highest BCUT2D eigenvalue weighted by atomic mass is 28.4. The quantitative estimate of drug-likeness (QED) is 0.681. The van der Waals surface area contributed by atoms with Crippen molar-refractivity contribution in [2.75, 3.05) is 0 Å². The van der Waals surface area contributed by atoms with E-state index in [0.717, 1.165) is 17.6 Å². The van der Waals surface area contributed by atoms with Crippen LogP contribution in [0, 0.1) is 5.92 Å². The molecule has 1 aliphatic rings. The van der Waals surface area contributed by atoms with E-state index in [1.54, 1.807) is 0 Å². The summed E-state index contributed by atoms with van der Waals surface area (Å²) in [5, 5.41) is 0.260. The molecule has 1 aliphatic carbocycles. The number of rotatable bonds is 3. The summed E-state index contributed by atoms with van der Waals surface area (Å²) < 4.78 is 6.36. The average Bonchev–Trinajstić information content (AvgIpc) is 2.93. The highest BCUT2D eigenvalue weighted by Gasteiger charge is 2.39. The Morgan fingerprint density at radius 2 is 1.83 bits per heavy atom. The van der Waals surface area contributed by atoms with Crippen LogP contribution in [0.5, 0.6) is 5.75 Å². The lowest BCUT2D eigenvalue weighted by Crippen LogP contribution is -2.43. The zero-order chi connectivity index (χ0) is 13.6. The summed E-state index contributed by atoms with van der Waals surface area (Å²) in [7, 11) is -1.70. The number of hydrogen-bond acceptors (Lipinski definition) is 1. The minimum Gasteiger partial charge on any atom is -0.543 e. The van der Waals surface area contributed by atoms with Gasteiger partial charge in [0.1, 0.15) is 5.75 Å². The van der Waals surface area contributed by atoms with Gasteiger partial charge >= 0.3 is 0 Å². The first-order chi connectivity index (χ1) is 8.21. The highest BCUT2D eigenvalue weighted by molar-refractivity contribution is 6.74. The fourth-order valence-corrected chi connectivity index (χ4v) is 3.07. The molecule has 18 heavy (non-hydrogen) atoms. The first-order valence-electron chi connectivity index (χ1n) is 7.00. The van der Waals surface area contributed by atoms with E-state index in [4.69, 9.17) is 4.43 Å². The Morgan fingerprint density at radius 1 is 1.22 bits per heavy atom. The molecule has 2 heteroatoms. The fraction of sp³-hybridized carbons (Fsp3) is 0.625. The lowest BCUT2D eigenvalue weighted by Gasteiger charge is -2.36. The molecule has 1 nitrogen and oxygen atoms in total. The van der Waals surface area contributed by atoms with Gasteiger partial charge < -0.3 is 4.43 Å². The minimum absolute atomic E-state index is 0.260. The maximum atomic E-state index is 6.36. The van der Waals surface area contributed by atoms with Crippen LogP contribution in [0.1, 0.15) is 45.6 Å². The van der Waals surface area contributed by atoms with Gasteiger partial charge in [0, 0.05) is 0 Å². The van der Waals surface area contributed by atoms with Crippen LogP contribution < -0.4 is 4.43 Å². The molecule has 1 fully saturated rings. The molecule has 0 unspecified atom stereocenters. The normalized spacial score (nSPS) is 23.9. The highest BCUT2D eigenvalue weighted by Crippen LogP contribution is 2.47. The van der Waals surface area contributed by atoms with Crippen LogP contribution in [0.4, 0.5) is 0 Å². The second-order valence-electron chi connectivity index (χ2n) is 7.25. The summed E-state index contributed by atoms with van der Waals surface area (Å²) >= 11 is 0. The molecule has 0 spiro atoms. The maximum Gasteiger partial charge on any atom is 0.250 e. The van der Waals surface area contributed by atoms with Crippen molar-refractivity contribution < 1.29 is 4.43 Å². The lowest BCUT2D eigenvalue weighted by molar-refractivity contribution is 0.491. The van der Waals surface area contributed by atoms with E-state index in [2.05, 4.69) is 65.1 Å². The van der Waals surface area contributed by atoms with Gasteiger partial charge in [-0.15, -0.1) is 0 Å². The molecule has 0 amide bonds. The summed E-state index contributed by atoms with van der Waals surface area (Å²) in [6.07, 6.45) is 1.34. The minimum atomic E-state index is -1.70. The predicted molar refractivity (Wildman–Crippen MR) is 80.8 cm³/mol. The van der Waals surface area contributed by atoms with E-state index in [-0.39, 0.29) is 5.04 Å². The van der Waals surface area contributed by atoms with Crippen molar-refractivity contribution in [3.63, 3.8) is 0 Å². The van der Waals surface area contributed by atoms with Gasteiger partial charge in [0.05, 0.1) is 0 Å². The molecule has 1 aromatic rings. The second-order valence-corrected chi connectivity index (χ2v) is 12.0. The van der Waals surface area contributed by atoms with Gasteiger partial charge in [0.2, 0.25) is 8.32 Å². The summed E-state index contributed by atoms with van der Waals surface area (Å²) in [6.45, 7) is 13.8. The molecule has 1 saturated carbocycles. The van der Waals surface area contributed by atoms with Crippen LogP contribution in [-0.4, -0.2) is 8.32 Å². The standard InChI is InChI=1S/C16H26OSi/c1-12-10-15(12)13-8-7-9-14(11-13)17-18(5,6)16(2,3)4/h7-9,11-12,15H,10H2,1-6H3/t12-,15-/m1/s1. The predicted octanol–water partition coefficient (Wildman–Crippen LogP) is 5.19. The van der Waals surface area contributed by atoms with Crippen LogP contribution >= 0.6 is 0 Å². The third kappa shape index (κ3) is 2.80. The molecule has 2 atom stereocenters. The summed E-state index contributed by atoms with van der Waals surface area (Å²) in [5.74, 6) is 2.69. The first-order valence-corrected chi connectivity index (χ1v) is 9.90. The Balaban J connectivity index is 2.15. The molecule has 0 N–H and O–H groups in total. The van der Waals surface area contributed by atoms with Gasteiger partial charge in [-0.2, -0.15) is 0 Å². The van der Waals surface area contributed by atoms with Crippen molar-refractivity contribution in [2.24, 2.45) is 5.92 Å². The van der Waals surface area contributed by atoms with Crippen LogP contribution in [0.15, 0.2) is 24.3 Å². The van der Waals surface area contributed by atoms with Gasteiger partial charge in [-0.25, -0.2) is 0 Å². The molecule has 100 valence electrons. The topological polar surface area (TPSA) is 9.23 Å². The van der Waals surface area contributed by atoms with Crippen molar-refractivity contribution >= 4 is 8.32 Å². The van der Waals surface area contributed by atoms with Crippen LogP contribution in [0.3, 0.4) is 0 Å². The van der Waals surface area contributed by atoms with Crippen LogP contribution in [0.2, 0.25) is 18.1 Å². The van der Waals surface area contributed by atoms with Crippen LogP contribution in [-0.2, 0) is 0 Å². The molecule has 0 bridgehead atoms. The van der Waals surface area contributed by atoms with E-state index < -0.39 is 8.32 Å². The van der Waals surface area contributed by atoms with Crippen molar-refractivity contribution in [1.29, 1.82) is 0 Å². The Hall–Kier alpha value is -0.763. The van der Waals surface area contributed by atoms with Crippen molar-refractivity contribution in [3.8, 4) is 5.75 Å². The number of benzene rings is 1. The average molecular weight is 262 g/mol. The van der Waals surface area contributed by atoms with Gasteiger partial charge in [0.25, 0.3) is 0 Å². The molecule has 0 aliphatic heterocycles. The zero-order valence-electron chi connectivity index (χ0n) is 12.6. The molecule has 0 aromatic heterocycles. The van der Waals surface area contributed by atoms with Gasteiger partial charge in [-0.05, 0) is 54.1 Å². The van der Waals surface area contributed by atoms with Crippen molar-refractivity contribution in [1.82, 2.24) is 0 Å². The monoisotopic (exact) mass is 262 g/mol. The van der Waals surface area contributed by atoms with Gasteiger partial charge in [0.15, 0.2) is 0 Å². The second kappa shape index (κ2) is 4.41. The summed E-state index contributed by atoms with van der Waals surface area (Å²) in [4.78, 5) is 0. The van der Waals surface area contributed by atoms with E-state index in [9.17, 15) is 0 Å². The Kier molecular flexibility index (Phi) is 3.35. The van der Waals surface area contributed by atoms with Crippen molar-refractivity contribution in [3.05, 3.63) is 29.8 Å². The molecule has 0 heterocycles. The molecular formula is C16H26OSi. The van der Waals surface area contributed by atoms with Gasteiger partial charge in [-0.3, -0.25) is 0 Å². The summed E-state index contributed by atoms with van der Waals surface area (Å²) in [5.41, 5.74) is 1.46. The fourth-order valence-electron chi connectivity index (χ4n) is 2.04. The zero-order valence-corrected chi connectivity index (χ0v) is 13.6. The molecule has 0 saturated heterocycles. The molecule has 0 radical (unpaired) electrons. The third-order valence-electron chi connectivity index (χ3n) is 4.57. The first kappa shape index (κ1) is 13.7. The van der Waals surface area contributed by atoms with E-state index >= 15 is 0 Å². The lowest BCUT2D eigenvalue weighted by atomic mass is 10.1. The van der Waals surface area contributed by atoms with E-state index in [1.165, 1.54) is 12.0 Å². The van der Waals surface area contributed by atoms with Gasteiger partial charge in [-0.1, -0.05) is 39.8 Å². The maximum absolute atomic E-state index is 6.36. The van der Waals surface area contributed by atoms with Crippen LogP contribution in [0.25, 0.3) is 0 Å².